The molecule has 0 atom stereocenters. The minimum Gasteiger partial charge on any atom is -0.507 e. The lowest BCUT2D eigenvalue weighted by Crippen LogP contribution is -2.25. The van der Waals surface area contributed by atoms with Crippen molar-refractivity contribution in [2.75, 3.05) is 6.54 Å². The molecule has 4 nitrogen and oxygen atoms in total. The molecule has 0 aromatic heterocycles. The molecule has 0 spiro atoms. The first-order valence-corrected chi connectivity index (χ1v) is 9.88. The lowest BCUT2D eigenvalue weighted by atomic mass is 10.0. The van der Waals surface area contributed by atoms with Crippen LogP contribution in [-0.2, 0) is 6.42 Å². The van der Waals surface area contributed by atoms with Crippen molar-refractivity contribution in [3.05, 3.63) is 108 Å². The fraction of sp³-hybridized carbons (Fsp3) is 0.0769. The van der Waals surface area contributed by atoms with E-state index in [2.05, 4.69) is 10.3 Å². The SMILES string of the molecule is O=C(NCCc1ccccc1)c1cccc(N=Cc2c(O)ccc3ccccc23)c1. The van der Waals surface area contributed by atoms with Crippen molar-refractivity contribution in [2.45, 2.75) is 6.42 Å². The van der Waals surface area contributed by atoms with Gasteiger partial charge in [0.1, 0.15) is 5.75 Å². The zero-order valence-corrected chi connectivity index (χ0v) is 16.5. The maximum absolute atomic E-state index is 12.5. The Morgan fingerprint density at radius 2 is 1.70 bits per heavy atom. The number of nitrogens with one attached hydrogen (secondary N) is 1. The first-order valence-electron chi connectivity index (χ1n) is 9.88. The summed E-state index contributed by atoms with van der Waals surface area (Å²) in [4.78, 5) is 17.0. The van der Waals surface area contributed by atoms with Crippen molar-refractivity contribution >= 4 is 28.6 Å². The van der Waals surface area contributed by atoms with Gasteiger partial charge in [0, 0.05) is 23.9 Å². The maximum atomic E-state index is 12.5. The van der Waals surface area contributed by atoms with Crippen molar-refractivity contribution in [2.24, 2.45) is 4.99 Å². The van der Waals surface area contributed by atoms with Crippen molar-refractivity contribution in [3.8, 4) is 5.75 Å². The molecule has 148 valence electrons. The second-order valence-corrected chi connectivity index (χ2v) is 7.02. The van der Waals surface area contributed by atoms with Crippen LogP contribution in [-0.4, -0.2) is 23.8 Å². The Hall–Kier alpha value is -3.92. The number of fused-ring (bicyclic) bond motifs is 1. The first-order chi connectivity index (χ1) is 14.7. The van der Waals surface area contributed by atoms with Crippen LogP contribution in [0.2, 0.25) is 0 Å². The molecule has 0 saturated heterocycles. The van der Waals surface area contributed by atoms with Gasteiger partial charge in [0.05, 0.1) is 5.69 Å². The van der Waals surface area contributed by atoms with E-state index < -0.39 is 0 Å². The summed E-state index contributed by atoms with van der Waals surface area (Å²) < 4.78 is 0. The lowest BCUT2D eigenvalue weighted by Gasteiger charge is -2.07. The number of amides is 1. The molecule has 4 heteroatoms. The Balaban J connectivity index is 1.47. The van der Waals surface area contributed by atoms with Gasteiger partial charge in [-0.25, -0.2) is 0 Å². The Morgan fingerprint density at radius 1 is 0.900 bits per heavy atom. The van der Waals surface area contributed by atoms with Gasteiger partial charge in [0.2, 0.25) is 0 Å². The molecule has 0 saturated carbocycles. The zero-order valence-electron chi connectivity index (χ0n) is 16.5. The van der Waals surface area contributed by atoms with Gasteiger partial charge in [-0.05, 0) is 47.0 Å². The first kappa shape index (κ1) is 19.4. The molecule has 4 aromatic carbocycles. The van der Waals surface area contributed by atoms with Crippen molar-refractivity contribution < 1.29 is 9.90 Å². The highest BCUT2D eigenvalue weighted by Gasteiger charge is 2.07. The highest BCUT2D eigenvalue weighted by atomic mass is 16.3. The summed E-state index contributed by atoms with van der Waals surface area (Å²) in [5, 5.41) is 15.2. The number of phenols is 1. The van der Waals surface area contributed by atoms with Crippen LogP contribution in [0, 0.1) is 0 Å². The maximum Gasteiger partial charge on any atom is 0.251 e. The van der Waals surface area contributed by atoms with Crippen LogP contribution in [0.25, 0.3) is 10.8 Å². The summed E-state index contributed by atoms with van der Waals surface area (Å²) in [5.74, 6) is 0.0447. The van der Waals surface area contributed by atoms with E-state index in [9.17, 15) is 9.90 Å². The van der Waals surface area contributed by atoms with E-state index in [1.54, 1.807) is 24.4 Å². The number of nitrogens with zero attached hydrogens (tertiary/aromatic N) is 1. The smallest absolute Gasteiger partial charge is 0.251 e. The Bertz CT molecular complexity index is 1200. The van der Waals surface area contributed by atoms with E-state index in [-0.39, 0.29) is 11.7 Å². The van der Waals surface area contributed by atoms with E-state index in [1.807, 2.05) is 72.8 Å². The highest BCUT2D eigenvalue weighted by Crippen LogP contribution is 2.26. The van der Waals surface area contributed by atoms with Gasteiger partial charge in [-0.3, -0.25) is 9.79 Å². The van der Waals surface area contributed by atoms with Gasteiger partial charge in [-0.15, -0.1) is 0 Å². The van der Waals surface area contributed by atoms with Gasteiger partial charge < -0.3 is 10.4 Å². The summed E-state index contributed by atoms with van der Waals surface area (Å²) in [6.07, 6.45) is 2.43. The number of aliphatic imine (C=N–C) groups is 1. The van der Waals surface area contributed by atoms with Crippen molar-refractivity contribution in [3.63, 3.8) is 0 Å². The quantitative estimate of drug-likeness (QED) is 0.438. The second-order valence-electron chi connectivity index (χ2n) is 7.02. The van der Waals surface area contributed by atoms with Crippen molar-refractivity contribution in [1.82, 2.24) is 5.32 Å². The van der Waals surface area contributed by atoms with Crippen LogP contribution in [0.1, 0.15) is 21.5 Å². The molecule has 30 heavy (non-hydrogen) atoms. The molecule has 1 amide bonds. The minimum atomic E-state index is -0.129. The van der Waals surface area contributed by atoms with Gasteiger partial charge in [-0.1, -0.05) is 66.7 Å². The standard InChI is InChI=1S/C26H22N2O2/c29-25-14-13-20-9-4-5-12-23(20)24(25)18-28-22-11-6-10-21(17-22)26(30)27-16-15-19-7-2-1-3-8-19/h1-14,17-18,29H,15-16H2,(H,27,30). The lowest BCUT2D eigenvalue weighted by molar-refractivity contribution is 0.0954. The molecule has 0 fully saturated rings. The predicted octanol–water partition coefficient (Wildman–Crippen LogP) is 5.27. The van der Waals surface area contributed by atoms with Gasteiger partial charge in [-0.2, -0.15) is 0 Å². The van der Waals surface area contributed by atoms with E-state index in [0.29, 0.717) is 23.4 Å². The number of rotatable bonds is 6. The minimum absolute atomic E-state index is 0.129. The molecule has 4 rings (SSSR count). The summed E-state index contributed by atoms with van der Waals surface area (Å²) in [7, 11) is 0. The fourth-order valence-electron chi connectivity index (χ4n) is 3.35. The Morgan fingerprint density at radius 3 is 2.57 bits per heavy atom. The molecular formula is C26H22N2O2. The molecule has 0 unspecified atom stereocenters. The molecule has 0 heterocycles. The molecule has 0 aliphatic rings. The normalized spacial score (nSPS) is 11.1. The number of phenolic OH excluding ortho intramolecular Hbond substituents is 1. The fourth-order valence-corrected chi connectivity index (χ4v) is 3.35. The molecule has 0 aliphatic carbocycles. The number of hydrogen-bond acceptors (Lipinski definition) is 3. The molecule has 4 aromatic rings. The van der Waals surface area contributed by atoms with Gasteiger partial charge >= 0.3 is 0 Å². The molecule has 0 bridgehead atoms. The van der Waals surface area contributed by atoms with Crippen LogP contribution in [0.5, 0.6) is 5.75 Å². The average Bonchev–Trinajstić information content (AvgIpc) is 2.79. The molecule has 0 radical (unpaired) electrons. The van der Waals surface area contributed by atoms with Crippen LogP contribution in [0.15, 0.2) is 96.0 Å². The van der Waals surface area contributed by atoms with E-state index in [4.69, 9.17) is 0 Å². The number of benzene rings is 4. The number of aromatic hydroxyl groups is 1. The van der Waals surface area contributed by atoms with Gasteiger partial charge in [0.15, 0.2) is 0 Å². The molecule has 2 N–H and O–H groups in total. The summed E-state index contributed by atoms with van der Waals surface area (Å²) in [6, 6.07) is 28.6. The van der Waals surface area contributed by atoms with Crippen LogP contribution in [0.3, 0.4) is 0 Å². The summed E-state index contributed by atoms with van der Waals surface area (Å²) in [5.41, 5.74) is 3.05. The van der Waals surface area contributed by atoms with E-state index in [0.717, 1.165) is 17.2 Å². The van der Waals surface area contributed by atoms with Crippen molar-refractivity contribution in [1.29, 1.82) is 0 Å². The predicted molar refractivity (Wildman–Crippen MR) is 122 cm³/mol. The highest BCUT2D eigenvalue weighted by molar-refractivity contribution is 6.03. The van der Waals surface area contributed by atoms with Gasteiger partial charge in [0.25, 0.3) is 5.91 Å². The van der Waals surface area contributed by atoms with Crippen LogP contribution >= 0.6 is 0 Å². The average molecular weight is 394 g/mol. The Kier molecular flexibility index (Phi) is 5.85. The second kappa shape index (κ2) is 9.05. The number of carbonyl (C=O) groups excluding carboxylic acids is 1. The number of carbonyl (C=O) groups is 1. The third kappa shape index (κ3) is 4.55. The Labute approximate surface area is 175 Å². The summed E-state index contributed by atoms with van der Waals surface area (Å²) >= 11 is 0. The zero-order chi connectivity index (χ0) is 20.8. The summed E-state index contributed by atoms with van der Waals surface area (Å²) in [6.45, 7) is 0.570. The van der Waals surface area contributed by atoms with E-state index >= 15 is 0 Å². The molecular weight excluding hydrogens is 372 g/mol. The third-order valence-electron chi connectivity index (χ3n) is 4.94. The molecule has 0 aliphatic heterocycles. The number of hydrogen-bond donors (Lipinski definition) is 2. The monoisotopic (exact) mass is 394 g/mol. The van der Waals surface area contributed by atoms with Crippen LogP contribution in [0.4, 0.5) is 5.69 Å². The van der Waals surface area contributed by atoms with Crippen LogP contribution < -0.4 is 5.32 Å². The third-order valence-corrected chi connectivity index (χ3v) is 4.94. The topological polar surface area (TPSA) is 61.7 Å². The largest absolute Gasteiger partial charge is 0.507 e. The van der Waals surface area contributed by atoms with E-state index in [1.165, 1.54) is 5.56 Å².